The van der Waals surface area contributed by atoms with Crippen LogP contribution in [0.25, 0.3) is 10.9 Å². The molecule has 1 amide bonds. The van der Waals surface area contributed by atoms with Crippen LogP contribution < -0.4 is 4.72 Å². The summed E-state index contributed by atoms with van der Waals surface area (Å²) in [5.41, 5.74) is 4.02. The summed E-state index contributed by atoms with van der Waals surface area (Å²) in [7, 11) is -3.64. The van der Waals surface area contributed by atoms with Crippen molar-refractivity contribution < 1.29 is 13.2 Å². The Kier molecular flexibility index (Phi) is 6.56. The van der Waals surface area contributed by atoms with E-state index in [2.05, 4.69) is 9.71 Å². The van der Waals surface area contributed by atoms with Crippen molar-refractivity contribution >= 4 is 50.0 Å². The van der Waals surface area contributed by atoms with Crippen molar-refractivity contribution in [2.45, 2.75) is 33.1 Å². The van der Waals surface area contributed by atoms with Crippen LogP contribution in [0.5, 0.6) is 0 Å². The molecule has 3 aromatic rings. The molecule has 0 saturated carbocycles. The first kappa shape index (κ1) is 21.7. The van der Waals surface area contributed by atoms with E-state index < -0.39 is 15.9 Å². The Morgan fingerprint density at radius 1 is 1.14 bits per heavy atom. The number of unbranched alkanes of at least 4 members (excludes halogenated alkanes) is 1. The van der Waals surface area contributed by atoms with Crippen LogP contribution >= 0.6 is 23.2 Å². The predicted molar refractivity (Wildman–Crippen MR) is 118 cm³/mol. The number of carbonyl (C=O) groups is 1. The Bertz CT molecular complexity index is 1170. The van der Waals surface area contributed by atoms with E-state index in [-0.39, 0.29) is 5.75 Å². The van der Waals surface area contributed by atoms with E-state index in [1.165, 1.54) is 0 Å². The number of H-pyrrole nitrogens is 1. The number of hydrogen-bond donors (Lipinski definition) is 2. The number of aryl methyl sites for hydroxylation is 1. The van der Waals surface area contributed by atoms with Crippen molar-refractivity contribution in [1.29, 1.82) is 0 Å². The van der Waals surface area contributed by atoms with E-state index in [4.69, 9.17) is 23.2 Å². The third kappa shape index (κ3) is 5.13. The first-order chi connectivity index (χ1) is 13.7. The first-order valence-electron chi connectivity index (χ1n) is 9.30. The van der Waals surface area contributed by atoms with E-state index in [9.17, 15) is 13.2 Å². The van der Waals surface area contributed by atoms with Crippen molar-refractivity contribution in [3.8, 4) is 0 Å². The molecule has 0 fully saturated rings. The van der Waals surface area contributed by atoms with Gasteiger partial charge < -0.3 is 4.98 Å². The zero-order chi connectivity index (χ0) is 21.2. The third-order valence-electron chi connectivity index (χ3n) is 4.78. The zero-order valence-corrected chi connectivity index (χ0v) is 18.5. The van der Waals surface area contributed by atoms with Crippen molar-refractivity contribution in [3.05, 3.63) is 68.8 Å². The topological polar surface area (TPSA) is 79.0 Å². The van der Waals surface area contributed by atoms with Gasteiger partial charge in [0.1, 0.15) is 0 Å². The number of fused-ring (bicyclic) bond motifs is 1. The number of halogens is 2. The highest BCUT2D eigenvalue weighted by atomic mass is 35.5. The molecule has 0 radical (unpaired) electrons. The van der Waals surface area contributed by atoms with Crippen molar-refractivity contribution in [3.63, 3.8) is 0 Å². The minimum absolute atomic E-state index is 0.0684. The van der Waals surface area contributed by atoms with Crippen molar-refractivity contribution in [2.24, 2.45) is 0 Å². The summed E-state index contributed by atoms with van der Waals surface area (Å²) in [5, 5.41) is 1.99. The molecule has 0 saturated heterocycles. The largest absolute Gasteiger partial charge is 0.358 e. The van der Waals surface area contributed by atoms with Crippen LogP contribution in [0.3, 0.4) is 0 Å². The fourth-order valence-corrected chi connectivity index (χ4v) is 4.84. The van der Waals surface area contributed by atoms with E-state index in [1.54, 1.807) is 30.3 Å². The molecule has 0 spiro atoms. The Hall–Kier alpha value is -2.02. The van der Waals surface area contributed by atoms with Crippen LogP contribution in [0.4, 0.5) is 0 Å². The maximum Gasteiger partial charge on any atom is 0.264 e. The van der Waals surface area contributed by atoms with Gasteiger partial charge in [-0.1, -0.05) is 42.6 Å². The highest BCUT2D eigenvalue weighted by Crippen LogP contribution is 2.29. The fraction of sp³-hybridized carbons (Fsp3) is 0.286. The lowest BCUT2D eigenvalue weighted by Crippen LogP contribution is -2.32. The minimum atomic E-state index is -3.64. The normalized spacial score (nSPS) is 11.7. The predicted octanol–water partition coefficient (Wildman–Crippen LogP) is 5.23. The Balaban J connectivity index is 1.93. The molecule has 0 aliphatic carbocycles. The van der Waals surface area contributed by atoms with Gasteiger partial charge in [-0.3, -0.25) is 4.79 Å². The molecular weight excluding hydrogens is 431 g/mol. The molecule has 0 bridgehead atoms. The highest BCUT2D eigenvalue weighted by molar-refractivity contribution is 7.90. The maximum atomic E-state index is 12.5. The minimum Gasteiger partial charge on any atom is -0.358 e. The SMILES string of the molecule is CCCCS(=O)(=O)NC(=O)c1ccc2[nH]c(C)c(Cc3ccc(Cl)cc3Cl)c2c1. The first-order valence-corrected chi connectivity index (χ1v) is 11.7. The Morgan fingerprint density at radius 3 is 2.59 bits per heavy atom. The average Bonchev–Trinajstić information content (AvgIpc) is 2.96. The summed E-state index contributed by atoms with van der Waals surface area (Å²) in [6, 6.07) is 10.5. The second-order valence-electron chi connectivity index (χ2n) is 7.01. The zero-order valence-electron chi connectivity index (χ0n) is 16.2. The molecule has 1 aromatic heterocycles. The van der Waals surface area contributed by atoms with E-state index >= 15 is 0 Å². The molecule has 1 heterocycles. The van der Waals surface area contributed by atoms with Gasteiger partial charge in [0.15, 0.2) is 0 Å². The average molecular weight is 453 g/mol. The van der Waals surface area contributed by atoms with Crippen LogP contribution in [-0.4, -0.2) is 25.1 Å². The maximum absolute atomic E-state index is 12.5. The van der Waals surface area contributed by atoms with Crippen LogP contribution in [0.2, 0.25) is 10.0 Å². The lowest BCUT2D eigenvalue weighted by Gasteiger charge is -2.08. The summed E-state index contributed by atoms with van der Waals surface area (Å²) in [6.07, 6.45) is 1.80. The highest BCUT2D eigenvalue weighted by Gasteiger charge is 2.18. The smallest absolute Gasteiger partial charge is 0.264 e. The van der Waals surface area contributed by atoms with Gasteiger partial charge in [0.25, 0.3) is 5.91 Å². The molecule has 3 rings (SSSR count). The van der Waals surface area contributed by atoms with Crippen LogP contribution in [0.1, 0.15) is 46.9 Å². The number of hydrogen-bond acceptors (Lipinski definition) is 3. The molecule has 8 heteroatoms. The molecule has 0 aliphatic heterocycles. The van der Waals surface area contributed by atoms with Crippen LogP contribution in [0.15, 0.2) is 36.4 Å². The van der Waals surface area contributed by atoms with Gasteiger partial charge in [-0.2, -0.15) is 0 Å². The number of amides is 1. The lowest BCUT2D eigenvalue weighted by atomic mass is 10.0. The number of nitrogens with one attached hydrogen (secondary N) is 2. The second-order valence-corrected chi connectivity index (χ2v) is 9.69. The molecule has 29 heavy (non-hydrogen) atoms. The van der Waals surface area contributed by atoms with E-state index in [0.717, 1.165) is 34.1 Å². The number of benzene rings is 2. The standard InChI is InChI=1S/C21H22Cl2N2O3S/c1-3-4-9-29(27,28)25-21(26)15-6-8-20-18(11-15)17(13(2)24-20)10-14-5-7-16(22)12-19(14)23/h5-8,11-12,24H,3-4,9-10H2,1-2H3,(H,25,26). The van der Waals surface area contributed by atoms with Gasteiger partial charge in [-0.15, -0.1) is 0 Å². The van der Waals surface area contributed by atoms with Crippen molar-refractivity contribution in [2.75, 3.05) is 5.75 Å². The molecule has 0 aliphatic rings. The number of aromatic nitrogens is 1. The summed E-state index contributed by atoms with van der Waals surface area (Å²) in [6.45, 7) is 3.85. The van der Waals surface area contributed by atoms with Crippen LogP contribution in [-0.2, 0) is 16.4 Å². The van der Waals surface area contributed by atoms with Gasteiger partial charge >= 0.3 is 0 Å². The number of aromatic amines is 1. The molecule has 2 aromatic carbocycles. The van der Waals surface area contributed by atoms with Gasteiger partial charge in [-0.05, 0) is 54.8 Å². The summed E-state index contributed by atoms with van der Waals surface area (Å²) in [4.78, 5) is 15.8. The van der Waals surface area contributed by atoms with Gasteiger partial charge in [0, 0.05) is 38.6 Å². The second kappa shape index (κ2) is 8.78. The van der Waals surface area contributed by atoms with E-state index in [1.807, 2.05) is 19.9 Å². The van der Waals surface area contributed by atoms with Gasteiger partial charge in [-0.25, -0.2) is 13.1 Å². The number of carbonyl (C=O) groups excluding carboxylic acids is 1. The summed E-state index contributed by atoms with van der Waals surface area (Å²) < 4.78 is 26.3. The van der Waals surface area contributed by atoms with Crippen LogP contribution in [0, 0.1) is 6.92 Å². The third-order valence-corrected chi connectivity index (χ3v) is 6.69. The molecule has 0 atom stereocenters. The van der Waals surface area contributed by atoms with E-state index in [0.29, 0.717) is 28.5 Å². The molecule has 5 nitrogen and oxygen atoms in total. The molecular formula is C21H22Cl2N2O3S. The van der Waals surface area contributed by atoms with Gasteiger partial charge in [0.05, 0.1) is 5.75 Å². The van der Waals surface area contributed by atoms with Crippen molar-refractivity contribution in [1.82, 2.24) is 9.71 Å². The quantitative estimate of drug-likeness (QED) is 0.514. The number of sulfonamides is 1. The molecule has 0 unspecified atom stereocenters. The fourth-order valence-electron chi connectivity index (χ4n) is 3.19. The Labute approximate surface area is 180 Å². The molecule has 154 valence electrons. The number of rotatable bonds is 7. The summed E-state index contributed by atoms with van der Waals surface area (Å²) >= 11 is 12.3. The molecule has 2 N–H and O–H groups in total. The van der Waals surface area contributed by atoms with Gasteiger partial charge in [0.2, 0.25) is 10.0 Å². The summed E-state index contributed by atoms with van der Waals surface area (Å²) in [5.74, 6) is -0.696. The Morgan fingerprint density at radius 2 is 1.90 bits per heavy atom. The monoisotopic (exact) mass is 452 g/mol. The lowest BCUT2D eigenvalue weighted by molar-refractivity contribution is 0.0981.